The van der Waals surface area contributed by atoms with Gasteiger partial charge in [-0.25, -0.2) is 4.98 Å². The first-order valence-corrected chi connectivity index (χ1v) is 10.2. The van der Waals surface area contributed by atoms with Gasteiger partial charge in [0.1, 0.15) is 22.6 Å². The molecule has 6 nitrogen and oxygen atoms in total. The van der Waals surface area contributed by atoms with E-state index in [1.807, 2.05) is 60.0 Å². The third kappa shape index (κ3) is 4.83. The number of allylic oxidation sites excluding steroid dienone is 1. The minimum Gasteiger partial charge on any atom is -0.457 e. The van der Waals surface area contributed by atoms with E-state index in [0.717, 1.165) is 22.8 Å². The Labute approximate surface area is 182 Å². The molecule has 4 aromatic rings. The fourth-order valence-corrected chi connectivity index (χ4v) is 3.64. The highest BCUT2D eigenvalue weighted by molar-refractivity contribution is 7.11. The molecule has 0 aliphatic carbocycles. The summed E-state index contributed by atoms with van der Waals surface area (Å²) in [5, 5.41) is 22.8. The molecule has 0 aliphatic rings. The number of para-hydroxylation sites is 1. The monoisotopic (exact) mass is 425 g/mol. The van der Waals surface area contributed by atoms with E-state index in [2.05, 4.69) is 11.1 Å². The van der Waals surface area contributed by atoms with Gasteiger partial charge in [0, 0.05) is 23.1 Å². The zero-order valence-electron chi connectivity index (χ0n) is 16.1. The van der Waals surface area contributed by atoms with E-state index in [1.165, 1.54) is 23.5 Å². The Hall–Kier alpha value is -4.28. The fourth-order valence-electron chi connectivity index (χ4n) is 2.85. The van der Waals surface area contributed by atoms with Crippen molar-refractivity contribution in [2.45, 2.75) is 0 Å². The fraction of sp³-hybridized carbons (Fsp3) is 0. The number of nitro benzene ring substituents is 1. The maximum atomic E-state index is 10.8. The van der Waals surface area contributed by atoms with Crippen molar-refractivity contribution in [3.8, 4) is 28.8 Å². The molecular weight excluding hydrogens is 410 g/mol. The summed E-state index contributed by atoms with van der Waals surface area (Å²) in [7, 11) is 0. The normalized spacial score (nSPS) is 11.0. The topological polar surface area (TPSA) is 89.0 Å². The molecule has 0 aliphatic heterocycles. The Balaban J connectivity index is 1.52. The van der Waals surface area contributed by atoms with Crippen molar-refractivity contribution in [1.82, 2.24) is 4.98 Å². The van der Waals surface area contributed by atoms with Gasteiger partial charge in [-0.05, 0) is 60.2 Å². The van der Waals surface area contributed by atoms with Crippen LogP contribution in [0, 0.1) is 21.4 Å². The third-order valence-electron chi connectivity index (χ3n) is 4.40. The molecule has 1 heterocycles. The van der Waals surface area contributed by atoms with Crippen LogP contribution in [-0.4, -0.2) is 9.91 Å². The summed E-state index contributed by atoms with van der Waals surface area (Å²) in [6.07, 6.45) is 1.67. The van der Waals surface area contributed by atoms with E-state index in [4.69, 9.17) is 4.74 Å². The molecule has 31 heavy (non-hydrogen) atoms. The lowest BCUT2D eigenvalue weighted by Gasteiger charge is -2.05. The van der Waals surface area contributed by atoms with Gasteiger partial charge in [0.05, 0.1) is 16.2 Å². The highest BCUT2D eigenvalue weighted by atomic mass is 32.1. The van der Waals surface area contributed by atoms with E-state index >= 15 is 0 Å². The van der Waals surface area contributed by atoms with Crippen LogP contribution in [0.15, 0.2) is 84.2 Å². The number of nitrogens with zero attached hydrogens (tertiary/aromatic N) is 3. The molecule has 3 aromatic carbocycles. The lowest BCUT2D eigenvalue weighted by molar-refractivity contribution is -0.384. The molecule has 0 N–H and O–H groups in total. The molecule has 0 amide bonds. The number of thiazole rings is 1. The van der Waals surface area contributed by atoms with E-state index < -0.39 is 4.92 Å². The van der Waals surface area contributed by atoms with Crippen LogP contribution in [0.25, 0.3) is 22.9 Å². The average molecular weight is 425 g/mol. The zero-order valence-corrected chi connectivity index (χ0v) is 17.0. The van der Waals surface area contributed by atoms with Gasteiger partial charge in [-0.1, -0.05) is 18.2 Å². The first-order valence-electron chi connectivity index (χ1n) is 9.28. The lowest BCUT2D eigenvalue weighted by atomic mass is 10.1. The molecule has 0 bridgehead atoms. The van der Waals surface area contributed by atoms with Crippen LogP contribution in [0.4, 0.5) is 5.69 Å². The van der Waals surface area contributed by atoms with Crippen molar-refractivity contribution in [3.63, 3.8) is 0 Å². The summed E-state index contributed by atoms with van der Waals surface area (Å²) in [6, 6.07) is 25.3. The van der Waals surface area contributed by atoms with Gasteiger partial charge in [0.15, 0.2) is 0 Å². The number of nitriles is 1. The molecule has 150 valence electrons. The number of rotatable bonds is 6. The Morgan fingerprint density at radius 2 is 1.68 bits per heavy atom. The number of hydrogen-bond acceptors (Lipinski definition) is 6. The van der Waals surface area contributed by atoms with Gasteiger partial charge < -0.3 is 4.74 Å². The maximum Gasteiger partial charge on any atom is 0.269 e. The summed E-state index contributed by atoms with van der Waals surface area (Å²) in [4.78, 5) is 14.9. The van der Waals surface area contributed by atoms with Gasteiger partial charge in [-0.15, -0.1) is 11.3 Å². The number of non-ortho nitro benzene ring substituents is 1. The Morgan fingerprint density at radius 1 is 1.00 bits per heavy atom. The molecule has 0 saturated heterocycles. The Kier molecular flexibility index (Phi) is 5.83. The number of aromatic nitrogens is 1. The van der Waals surface area contributed by atoms with Gasteiger partial charge in [-0.3, -0.25) is 10.1 Å². The summed E-state index contributed by atoms with van der Waals surface area (Å²) in [5.74, 6) is 1.49. The third-order valence-corrected chi connectivity index (χ3v) is 5.27. The highest BCUT2D eigenvalue weighted by Crippen LogP contribution is 2.29. The quantitative estimate of drug-likeness (QED) is 0.198. The van der Waals surface area contributed by atoms with Crippen LogP contribution in [0.1, 0.15) is 10.6 Å². The molecule has 0 spiro atoms. The first-order chi connectivity index (χ1) is 15.1. The maximum absolute atomic E-state index is 10.8. The smallest absolute Gasteiger partial charge is 0.269 e. The van der Waals surface area contributed by atoms with Gasteiger partial charge >= 0.3 is 0 Å². The predicted molar refractivity (Wildman–Crippen MR) is 121 cm³/mol. The number of ether oxygens (including phenoxy) is 1. The summed E-state index contributed by atoms with van der Waals surface area (Å²) in [5.41, 5.74) is 2.77. The van der Waals surface area contributed by atoms with Crippen LogP contribution in [0.3, 0.4) is 0 Å². The molecule has 0 saturated carbocycles. The van der Waals surface area contributed by atoms with Crippen LogP contribution >= 0.6 is 11.3 Å². The predicted octanol–water partition coefficient (Wildman–Crippen LogP) is 6.57. The van der Waals surface area contributed by atoms with E-state index in [-0.39, 0.29) is 5.69 Å². The minimum atomic E-state index is -0.456. The number of benzene rings is 3. The Morgan fingerprint density at radius 3 is 2.32 bits per heavy atom. The van der Waals surface area contributed by atoms with Gasteiger partial charge in [-0.2, -0.15) is 5.26 Å². The van der Waals surface area contributed by atoms with Crippen LogP contribution in [0.2, 0.25) is 0 Å². The van der Waals surface area contributed by atoms with Crippen molar-refractivity contribution in [3.05, 3.63) is 105 Å². The Bertz CT molecular complexity index is 1270. The van der Waals surface area contributed by atoms with E-state index in [1.54, 1.807) is 18.2 Å². The van der Waals surface area contributed by atoms with Crippen molar-refractivity contribution < 1.29 is 9.66 Å². The van der Waals surface area contributed by atoms with E-state index in [9.17, 15) is 15.4 Å². The second kappa shape index (κ2) is 9.03. The van der Waals surface area contributed by atoms with Crippen LogP contribution < -0.4 is 4.74 Å². The van der Waals surface area contributed by atoms with Crippen molar-refractivity contribution in [2.24, 2.45) is 0 Å². The van der Waals surface area contributed by atoms with Crippen molar-refractivity contribution >= 4 is 28.7 Å². The zero-order chi connectivity index (χ0) is 21.6. The van der Waals surface area contributed by atoms with Gasteiger partial charge in [0.25, 0.3) is 5.69 Å². The van der Waals surface area contributed by atoms with Crippen molar-refractivity contribution in [2.75, 3.05) is 0 Å². The molecule has 4 rings (SSSR count). The molecule has 0 unspecified atom stereocenters. The minimum absolute atomic E-state index is 0.00637. The molecule has 1 aromatic heterocycles. The molecular formula is C24H15N3O3S. The highest BCUT2D eigenvalue weighted by Gasteiger charge is 2.10. The van der Waals surface area contributed by atoms with Crippen LogP contribution in [0.5, 0.6) is 11.5 Å². The largest absolute Gasteiger partial charge is 0.457 e. The summed E-state index contributed by atoms with van der Waals surface area (Å²) < 4.78 is 5.81. The summed E-state index contributed by atoms with van der Waals surface area (Å²) >= 11 is 1.37. The molecule has 0 radical (unpaired) electrons. The molecule has 0 fully saturated rings. The first kappa shape index (κ1) is 20.0. The second-order valence-electron chi connectivity index (χ2n) is 6.50. The van der Waals surface area contributed by atoms with Gasteiger partial charge in [0.2, 0.25) is 0 Å². The SMILES string of the molecule is N#CC(=Cc1ccc([N+](=O)[O-])cc1)c1nc(-c2ccc(Oc3ccccc3)cc2)cs1. The lowest BCUT2D eigenvalue weighted by Crippen LogP contribution is -1.87. The molecule has 7 heteroatoms. The molecule has 0 atom stereocenters. The summed E-state index contributed by atoms with van der Waals surface area (Å²) in [6.45, 7) is 0. The standard InChI is InChI=1S/C24H15N3O3S/c25-15-19(14-17-6-10-20(11-7-17)27(28)29)24-26-23(16-31-24)18-8-12-22(13-9-18)30-21-4-2-1-3-5-21/h1-14,16H. The van der Waals surface area contributed by atoms with E-state index in [0.29, 0.717) is 16.1 Å². The van der Waals surface area contributed by atoms with Crippen LogP contribution in [-0.2, 0) is 0 Å². The number of hydrogen-bond donors (Lipinski definition) is 0. The second-order valence-corrected chi connectivity index (χ2v) is 7.35. The van der Waals surface area contributed by atoms with Crippen molar-refractivity contribution in [1.29, 1.82) is 5.26 Å². The number of nitro groups is 1. The average Bonchev–Trinajstić information content (AvgIpc) is 3.29.